The quantitative estimate of drug-likeness (QED) is 0.304. The van der Waals surface area contributed by atoms with Gasteiger partial charge in [0.2, 0.25) is 0 Å². The Hall–Kier alpha value is -1.36. The summed E-state index contributed by atoms with van der Waals surface area (Å²) >= 11 is 0. The van der Waals surface area contributed by atoms with Crippen molar-refractivity contribution < 1.29 is 23.7 Å². The average molecular weight is 411 g/mol. The molecule has 0 bridgehead atoms. The lowest BCUT2D eigenvalue weighted by atomic mass is 10.1. The molecule has 1 aromatic rings. The average Bonchev–Trinajstić information content (AvgIpc) is 3.21. The lowest BCUT2D eigenvalue weighted by Crippen LogP contribution is -2.36. The number of benzene rings is 1. The molecule has 28 heavy (non-hydrogen) atoms. The molecule has 1 N–H and O–H groups in total. The van der Waals surface area contributed by atoms with Gasteiger partial charge >= 0.3 is 13.5 Å². The third-order valence-corrected chi connectivity index (χ3v) is 7.89. The largest absolute Gasteiger partial charge is 0.468 e. The van der Waals surface area contributed by atoms with Crippen LogP contribution in [0.1, 0.15) is 63.9 Å². The van der Waals surface area contributed by atoms with Crippen molar-refractivity contribution in [1.29, 1.82) is 0 Å². The highest BCUT2D eigenvalue weighted by atomic mass is 31.2. The third kappa shape index (κ3) is 6.07. The van der Waals surface area contributed by atoms with Gasteiger partial charge in [0.05, 0.1) is 13.7 Å². The molecule has 6 nitrogen and oxygen atoms in total. The third-order valence-electron chi connectivity index (χ3n) is 5.27. The summed E-state index contributed by atoms with van der Waals surface area (Å²) in [5, 5.41) is 9.60. The van der Waals surface area contributed by atoms with Crippen LogP contribution in [0.15, 0.2) is 24.3 Å². The SMILES string of the molecule is CCCCCCCC[P@](=O)(Oc1ccccc1CO)N1CCC[C@H]1C(=O)OC. The minimum atomic E-state index is -3.29. The molecule has 1 aromatic carbocycles. The first-order chi connectivity index (χ1) is 13.6. The van der Waals surface area contributed by atoms with Crippen LogP contribution in [0.4, 0.5) is 0 Å². The smallest absolute Gasteiger partial charge is 0.323 e. The molecule has 2 atom stereocenters. The number of methoxy groups -OCH3 is 1. The highest BCUT2D eigenvalue weighted by molar-refractivity contribution is 7.57. The molecule has 0 saturated carbocycles. The first-order valence-electron chi connectivity index (χ1n) is 10.4. The van der Waals surface area contributed by atoms with Gasteiger partial charge in [0.1, 0.15) is 11.8 Å². The highest BCUT2D eigenvalue weighted by Gasteiger charge is 2.44. The zero-order chi connectivity index (χ0) is 20.4. The van der Waals surface area contributed by atoms with E-state index in [0.29, 0.717) is 30.4 Å². The molecule has 0 radical (unpaired) electrons. The Bertz CT molecular complexity index is 666. The van der Waals surface area contributed by atoms with E-state index in [2.05, 4.69) is 6.92 Å². The maximum atomic E-state index is 14.0. The predicted octanol–water partition coefficient (Wildman–Crippen LogP) is 4.75. The number of carbonyl (C=O) groups is 1. The van der Waals surface area contributed by atoms with E-state index in [1.165, 1.54) is 26.4 Å². The number of carbonyl (C=O) groups excluding carboxylic acids is 1. The molecule has 0 aliphatic carbocycles. The number of nitrogens with zero attached hydrogens (tertiary/aromatic N) is 1. The van der Waals surface area contributed by atoms with Crippen LogP contribution in [0.3, 0.4) is 0 Å². The summed E-state index contributed by atoms with van der Waals surface area (Å²) in [7, 11) is -1.93. The van der Waals surface area contributed by atoms with Gasteiger partial charge in [-0.05, 0) is 25.3 Å². The molecule has 1 saturated heterocycles. The second-order valence-electron chi connectivity index (χ2n) is 7.33. The molecule has 0 unspecified atom stereocenters. The number of aliphatic hydroxyl groups excluding tert-OH is 1. The van der Waals surface area contributed by atoms with E-state index in [1.54, 1.807) is 22.9 Å². The maximum Gasteiger partial charge on any atom is 0.323 e. The summed E-state index contributed by atoms with van der Waals surface area (Å²) in [5.41, 5.74) is 0.597. The molecule has 7 heteroatoms. The zero-order valence-corrected chi connectivity index (χ0v) is 18.0. The lowest BCUT2D eigenvalue weighted by molar-refractivity contribution is -0.144. The van der Waals surface area contributed by atoms with Crippen LogP contribution in [0.2, 0.25) is 0 Å². The molecule has 1 fully saturated rings. The Labute approximate surface area is 168 Å². The van der Waals surface area contributed by atoms with Crippen molar-refractivity contribution in [2.45, 2.75) is 70.9 Å². The number of unbranched alkanes of at least 4 members (excludes halogenated alkanes) is 5. The number of esters is 1. The number of ether oxygens (including phenoxy) is 1. The first-order valence-corrected chi connectivity index (χ1v) is 12.1. The molecule has 1 aliphatic heterocycles. The van der Waals surface area contributed by atoms with Gasteiger partial charge in [-0.25, -0.2) is 4.67 Å². The van der Waals surface area contributed by atoms with Crippen molar-refractivity contribution in [3.63, 3.8) is 0 Å². The van der Waals surface area contributed by atoms with E-state index >= 15 is 0 Å². The molecular weight excluding hydrogens is 377 g/mol. The number of hydrogen-bond acceptors (Lipinski definition) is 5. The van der Waals surface area contributed by atoms with Gasteiger partial charge < -0.3 is 14.4 Å². The Morgan fingerprint density at radius 3 is 2.64 bits per heavy atom. The van der Waals surface area contributed by atoms with Gasteiger partial charge in [0, 0.05) is 18.3 Å². The van der Waals surface area contributed by atoms with Gasteiger partial charge in [0.15, 0.2) is 0 Å². The van der Waals surface area contributed by atoms with Crippen molar-refractivity contribution in [3.8, 4) is 5.75 Å². The van der Waals surface area contributed by atoms with Gasteiger partial charge in [-0.15, -0.1) is 0 Å². The summed E-state index contributed by atoms with van der Waals surface area (Å²) in [5.74, 6) is 0.0644. The second kappa shape index (κ2) is 11.6. The summed E-state index contributed by atoms with van der Waals surface area (Å²) in [6, 6.07) is 6.56. The molecule has 1 aliphatic rings. The molecule has 158 valence electrons. The normalized spacial score (nSPS) is 19.3. The Balaban J connectivity index is 2.17. The van der Waals surface area contributed by atoms with Crippen LogP contribution in [-0.2, 0) is 20.7 Å². The zero-order valence-electron chi connectivity index (χ0n) is 17.1. The van der Waals surface area contributed by atoms with E-state index in [1.807, 2.05) is 6.07 Å². The minimum absolute atomic E-state index is 0.187. The fourth-order valence-corrected chi connectivity index (χ4v) is 6.33. The summed E-state index contributed by atoms with van der Waals surface area (Å²) in [4.78, 5) is 12.2. The molecule has 0 aromatic heterocycles. The van der Waals surface area contributed by atoms with Crippen molar-refractivity contribution in [1.82, 2.24) is 4.67 Å². The monoisotopic (exact) mass is 411 g/mol. The summed E-state index contributed by atoms with van der Waals surface area (Å²) in [6.45, 7) is 2.54. The van der Waals surface area contributed by atoms with Crippen molar-refractivity contribution in [2.75, 3.05) is 19.8 Å². The Morgan fingerprint density at radius 1 is 1.21 bits per heavy atom. The van der Waals surface area contributed by atoms with E-state index in [9.17, 15) is 14.5 Å². The summed E-state index contributed by atoms with van der Waals surface area (Å²) < 4.78 is 26.7. The van der Waals surface area contributed by atoms with Crippen LogP contribution in [-0.4, -0.2) is 41.6 Å². The number of para-hydroxylation sites is 1. The maximum absolute atomic E-state index is 14.0. The van der Waals surface area contributed by atoms with E-state index in [-0.39, 0.29) is 12.6 Å². The fourth-order valence-electron chi connectivity index (χ4n) is 3.69. The standard InChI is InChI=1S/C21H34NO5P/c1-3-4-5-6-7-10-16-28(25,22-15-11-13-19(22)21(24)26-2)27-20-14-9-8-12-18(20)17-23/h8-9,12,14,19,23H,3-7,10-11,13,15-17H2,1-2H3/t19-,28-/m0/s1. The van der Waals surface area contributed by atoms with Gasteiger partial charge in [0.25, 0.3) is 0 Å². The van der Waals surface area contributed by atoms with Crippen LogP contribution in [0.25, 0.3) is 0 Å². The summed E-state index contributed by atoms with van der Waals surface area (Å²) in [6.07, 6.45) is 8.28. The molecule has 0 spiro atoms. The molecule has 2 rings (SSSR count). The second-order valence-corrected chi connectivity index (χ2v) is 9.75. The molecule has 1 heterocycles. The van der Waals surface area contributed by atoms with Gasteiger partial charge in [-0.3, -0.25) is 9.36 Å². The van der Waals surface area contributed by atoms with Crippen molar-refractivity contribution >= 4 is 13.5 Å². The fraction of sp³-hybridized carbons (Fsp3) is 0.667. The lowest BCUT2D eigenvalue weighted by Gasteiger charge is -2.32. The van der Waals surface area contributed by atoms with E-state index in [0.717, 1.165) is 25.7 Å². The Morgan fingerprint density at radius 2 is 1.93 bits per heavy atom. The first kappa shape index (κ1) is 22.9. The number of hydrogen-bond donors (Lipinski definition) is 1. The van der Waals surface area contributed by atoms with Crippen molar-refractivity contribution in [3.05, 3.63) is 29.8 Å². The molecular formula is C21H34NO5P. The molecule has 0 amide bonds. The van der Waals surface area contributed by atoms with Crippen LogP contribution in [0, 0.1) is 0 Å². The number of rotatable bonds is 12. The number of aliphatic hydroxyl groups is 1. The van der Waals surface area contributed by atoms with Crippen molar-refractivity contribution in [2.24, 2.45) is 0 Å². The van der Waals surface area contributed by atoms with E-state index in [4.69, 9.17) is 9.26 Å². The minimum Gasteiger partial charge on any atom is -0.468 e. The van der Waals surface area contributed by atoms with Gasteiger partial charge in [-0.1, -0.05) is 57.2 Å². The predicted molar refractivity (Wildman–Crippen MR) is 111 cm³/mol. The topological polar surface area (TPSA) is 76.1 Å². The van der Waals surface area contributed by atoms with E-state index < -0.39 is 13.6 Å². The Kier molecular flexibility index (Phi) is 9.49. The van der Waals surface area contributed by atoms with Crippen LogP contribution >= 0.6 is 7.52 Å². The van der Waals surface area contributed by atoms with Crippen LogP contribution in [0.5, 0.6) is 5.75 Å². The van der Waals surface area contributed by atoms with Gasteiger partial charge in [-0.2, -0.15) is 0 Å². The highest BCUT2D eigenvalue weighted by Crippen LogP contribution is 2.55. The van der Waals surface area contributed by atoms with Crippen LogP contribution < -0.4 is 4.52 Å².